The molecule has 1 N–H and O–H groups in total. The lowest BCUT2D eigenvalue weighted by Gasteiger charge is -2.36. The largest absolute Gasteiger partial charge is 0.480 e. The standard InChI is InChI=1S/C15H20F2N2O2.ClH/c1-18(10-14(20)21)12-5-7-19(8-6-12)9-11-3-2-4-13(16)15(11)17;/h2-4,12H,5-10H2,1H3,(H,20,21);1H. The molecule has 1 aromatic carbocycles. The van der Waals surface area contributed by atoms with Gasteiger partial charge in [0.2, 0.25) is 0 Å². The number of rotatable bonds is 5. The van der Waals surface area contributed by atoms with E-state index in [4.69, 9.17) is 5.11 Å². The quantitative estimate of drug-likeness (QED) is 0.898. The average Bonchev–Trinajstić information content (AvgIpc) is 2.44. The first-order valence-corrected chi connectivity index (χ1v) is 7.04. The molecule has 1 heterocycles. The van der Waals surface area contributed by atoms with E-state index in [1.54, 1.807) is 13.1 Å². The molecule has 1 aromatic rings. The Morgan fingerprint density at radius 3 is 2.59 bits per heavy atom. The highest BCUT2D eigenvalue weighted by Gasteiger charge is 2.24. The van der Waals surface area contributed by atoms with Crippen molar-refractivity contribution in [3.63, 3.8) is 0 Å². The smallest absolute Gasteiger partial charge is 0.317 e. The van der Waals surface area contributed by atoms with Gasteiger partial charge in [0.15, 0.2) is 11.6 Å². The van der Waals surface area contributed by atoms with E-state index in [1.807, 2.05) is 4.90 Å². The monoisotopic (exact) mass is 334 g/mol. The van der Waals surface area contributed by atoms with Crippen LogP contribution in [-0.2, 0) is 11.3 Å². The maximum atomic E-state index is 13.6. The van der Waals surface area contributed by atoms with E-state index < -0.39 is 17.6 Å². The number of carboxylic acids is 1. The van der Waals surface area contributed by atoms with Crippen molar-refractivity contribution in [1.82, 2.24) is 9.80 Å². The fourth-order valence-corrected chi connectivity index (χ4v) is 2.77. The van der Waals surface area contributed by atoms with Crippen molar-refractivity contribution in [2.24, 2.45) is 0 Å². The van der Waals surface area contributed by atoms with Gasteiger partial charge in [0, 0.05) is 18.2 Å². The first-order valence-electron chi connectivity index (χ1n) is 7.04. The maximum absolute atomic E-state index is 13.6. The van der Waals surface area contributed by atoms with Crippen LogP contribution in [0.15, 0.2) is 18.2 Å². The van der Waals surface area contributed by atoms with Crippen molar-refractivity contribution in [2.75, 3.05) is 26.7 Å². The molecule has 1 aliphatic heterocycles. The van der Waals surface area contributed by atoms with Gasteiger partial charge in [-0.3, -0.25) is 14.6 Å². The second-order valence-electron chi connectivity index (χ2n) is 5.53. The van der Waals surface area contributed by atoms with E-state index in [1.165, 1.54) is 6.07 Å². The fourth-order valence-electron chi connectivity index (χ4n) is 2.77. The van der Waals surface area contributed by atoms with Crippen LogP contribution in [-0.4, -0.2) is 53.6 Å². The molecule has 1 fully saturated rings. The molecule has 0 bridgehead atoms. The van der Waals surface area contributed by atoms with Crippen LogP contribution in [0.25, 0.3) is 0 Å². The number of likely N-dealkylation sites (N-methyl/N-ethyl adjacent to an activating group) is 1. The molecular weight excluding hydrogens is 314 g/mol. The highest BCUT2D eigenvalue weighted by molar-refractivity contribution is 5.85. The first kappa shape index (κ1) is 18.8. The minimum atomic E-state index is -0.832. The van der Waals surface area contributed by atoms with Gasteiger partial charge in [0.05, 0.1) is 6.54 Å². The number of piperidine rings is 1. The second kappa shape index (κ2) is 8.41. The molecule has 0 amide bonds. The zero-order valence-corrected chi connectivity index (χ0v) is 13.3. The third kappa shape index (κ3) is 4.90. The van der Waals surface area contributed by atoms with Crippen molar-refractivity contribution in [3.05, 3.63) is 35.4 Å². The van der Waals surface area contributed by atoms with Crippen LogP contribution in [0.1, 0.15) is 18.4 Å². The molecule has 7 heteroatoms. The third-order valence-electron chi connectivity index (χ3n) is 3.99. The first-order chi connectivity index (χ1) is 9.97. The Morgan fingerprint density at radius 1 is 1.36 bits per heavy atom. The van der Waals surface area contributed by atoms with E-state index >= 15 is 0 Å². The Bertz CT molecular complexity index is 508. The minimum Gasteiger partial charge on any atom is -0.480 e. The molecule has 0 aromatic heterocycles. The predicted molar refractivity (Wildman–Crippen MR) is 82.2 cm³/mol. The summed E-state index contributed by atoms with van der Waals surface area (Å²) in [5.74, 6) is -2.42. The number of nitrogens with zero attached hydrogens (tertiary/aromatic N) is 2. The lowest BCUT2D eigenvalue weighted by atomic mass is 10.0. The molecular formula is C15H21ClF2N2O2. The number of carboxylic acid groups (broad SMARTS) is 1. The molecule has 1 saturated heterocycles. The molecule has 4 nitrogen and oxygen atoms in total. The van der Waals surface area contributed by atoms with Crippen molar-refractivity contribution < 1.29 is 18.7 Å². The molecule has 1 aliphatic rings. The van der Waals surface area contributed by atoms with E-state index in [0.717, 1.165) is 32.0 Å². The van der Waals surface area contributed by atoms with Crippen LogP contribution in [0, 0.1) is 11.6 Å². The average molecular weight is 335 g/mol. The van der Waals surface area contributed by atoms with Gasteiger partial charge in [-0.2, -0.15) is 0 Å². The number of hydrogen-bond acceptors (Lipinski definition) is 3. The van der Waals surface area contributed by atoms with Crippen LogP contribution < -0.4 is 0 Å². The summed E-state index contributed by atoms with van der Waals surface area (Å²) in [6, 6.07) is 4.46. The Hall–Kier alpha value is -1.24. The third-order valence-corrected chi connectivity index (χ3v) is 3.99. The Kier molecular flexibility index (Phi) is 7.19. The van der Waals surface area contributed by atoms with E-state index in [9.17, 15) is 13.6 Å². The van der Waals surface area contributed by atoms with E-state index in [0.29, 0.717) is 12.1 Å². The van der Waals surface area contributed by atoms with Gasteiger partial charge in [-0.1, -0.05) is 12.1 Å². The number of likely N-dealkylation sites (tertiary alicyclic amines) is 1. The number of carbonyl (C=O) groups is 1. The van der Waals surface area contributed by atoms with Gasteiger partial charge in [0.25, 0.3) is 0 Å². The summed E-state index contributed by atoms with van der Waals surface area (Å²) < 4.78 is 26.8. The number of aliphatic carboxylic acids is 1. The summed E-state index contributed by atoms with van der Waals surface area (Å²) in [6.45, 7) is 1.93. The fraction of sp³-hybridized carbons (Fsp3) is 0.533. The highest BCUT2D eigenvalue weighted by Crippen LogP contribution is 2.19. The normalized spacial score (nSPS) is 16.5. The van der Waals surface area contributed by atoms with Crippen molar-refractivity contribution >= 4 is 18.4 Å². The Morgan fingerprint density at radius 2 is 2.00 bits per heavy atom. The molecule has 0 unspecified atom stereocenters. The van der Waals surface area contributed by atoms with Gasteiger partial charge < -0.3 is 5.11 Å². The minimum absolute atomic E-state index is 0. The second-order valence-corrected chi connectivity index (χ2v) is 5.53. The Labute approximate surface area is 135 Å². The molecule has 0 spiro atoms. The molecule has 0 radical (unpaired) electrons. The predicted octanol–water partition coefficient (Wildman–Crippen LogP) is 2.37. The van der Waals surface area contributed by atoms with Crippen LogP contribution in [0.4, 0.5) is 8.78 Å². The van der Waals surface area contributed by atoms with Gasteiger partial charge in [-0.15, -0.1) is 12.4 Å². The van der Waals surface area contributed by atoms with Gasteiger partial charge in [0.1, 0.15) is 0 Å². The summed E-state index contributed by atoms with van der Waals surface area (Å²) in [5.41, 5.74) is 0.368. The van der Waals surface area contributed by atoms with Crippen molar-refractivity contribution in [2.45, 2.75) is 25.4 Å². The van der Waals surface area contributed by atoms with Crippen molar-refractivity contribution in [1.29, 1.82) is 0 Å². The van der Waals surface area contributed by atoms with E-state index in [-0.39, 0.29) is 25.0 Å². The zero-order chi connectivity index (χ0) is 15.4. The number of benzene rings is 1. The number of hydrogen-bond donors (Lipinski definition) is 1. The molecule has 0 atom stereocenters. The molecule has 2 rings (SSSR count). The summed E-state index contributed by atoms with van der Waals surface area (Å²) in [4.78, 5) is 14.6. The lowest BCUT2D eigenvalue weighted by Crippen LogP contribution is -2.44. The summed E-state index contributed by atoms with van der Waals surface area (Å²) in [7, 11) is 1.81. The van der Waals surface area contributed by atoms with Crippen LogP contribution in [0.5, 0.6) is 0 Å². The molecule has 0 aliphatic carbocycles. The highest BCUT2D eigenvalue weighted by atomic mass is 35.5. The maximum Gasteiger partial charge on any atom is 0.317 e. The van der Waals surface area contributed by atoms with Gasteiger partial charge in [-0.05, 0) is 39.0 Å². The lowest BCUT2D eigenvalue weighted by molar-refractivity contribution is -0.138. The Balaban J connectivity index is 0.00000242. The molecule has 124 valence electrons. The molecule has 0 saturated carbocycles. The SMILES string of the molecule is CN(CC(=O)O)C1CCN(Cc2cccc(F)c2F)CC1.Cl. The van der Waals surface area contributed by atoms with Crippen LogP contribution in [0.3, 0.4) is 0 Å². The van der Waals surface area contributed by atoms with Crippen molar-refractivity contribution in [3.8, 4) is 0 Å². The summed E-state index contributed by atoms with van der Waals surface area (Å²) >= 11 is 0. The van der Waals surface area contributed by atoms with Gasteiger partial charge in [-0.25, -0.2) is 8.78 Å². The van der Waals surface area contributed by atoms with Crippen LogP contribution >= 0.6 is 12.4 Å². The topological polar surface area (TPSA) is 43.8 Å². The van der Waals surface area contributed by atoms with E-state index in [2.05, 4.69) is 4.90 Å². The number of halogens is 3. The van der Waals surface area contributed by atoms with Crippen LogP contribution in [0.2, 0.25) is 0 Å². The summed E-state index contributed by atoms with van der Waals surface area (Å²) in [6.07, 6.45) is 1.67. The van der Waals surface area contributed by atoms with Gasteiger partial charge >= 0.3 is 5.97 Å². The zero-order valence-electron chi connectivity index (χ0n) is 12.5. The summed E-state index contributed by atoms with van der Waals surface area (Å²) in [5, 5.41) is 8.79. The molecule has 22 heavy (non-hydrogen) atoms.